The summed E-state index contributed by atoms with van der Waals surface area (Å²) in [6, 6.07) is 4.06. The SMILES string of the molecule is COc1ccc([N+](=O)[O-])cc1NC(=O)C1(N)CCCCC1. The zero-order chi connectivity index (χ0) is 15.5. The summed E-state index contributed by atoms with van der Waals surface area (Å²) in [5.74, 6) is 0.0503. The fourth-order valence-corrected chi connectivity index (χ4v) is 2.56. The predicted molar refractivity (Wildman–Crippen MR) is 78.3 cm³/mol. The van der Waals surface area contributed by atoms with Gasteiger partial charge in [0.25, 0.3) is 5.69 Å². The van der Waals surface area contributed by atoms with E-state index in [1.165, 1.54) is 25.3 Å². The first-order chi connectivity index (χ1) is 9.96. The van der Waals surface area contributed by atoms with E-state index >= 15 is 0 Å². The number of amides is 1. The van der Waals surface area contributed by atoms with Gasteiger partial charge in [-0.2, -0.15) is 0 Å². The number of nitrogens with zero attached hydrogens (tertiary/aromatic N) is 1. The van der Waals surface area contributed by atoms with Crippen LogP contribution in [0.5, 0.6) is 5.75 Å². The molecule has 0 aliphatic heterocycles. The summed E-state index contributed by atoms with van der Waals surface area (Å²) in [7, 11) is 1.44. The Balaban J connectivity index is 2.23. The second-order valence-corrected chi connectivity index (χ2v) is 5.31. The van der Waals surface area contributed by atoms with Gasteiger partial charge in [-0.05, 0) is 18.9 Å². The van der Waals surface area contributed by atoms with Gasteiger partial charge in [-0.25, -0.2) is 0 Å². The van der Waals surface area contributed by atoms with E-state index in [1.807, 2.05) is 0 Å². The van der Waals surface area contributed by atoms with Crippen LogP contribution in [-0.4, -0.2) is 23.5 Å². The average Bonchev–Trinajstić information content (AvgIpc) is 2.47. The van der Waals surface area contributed by atoms with E-state index in [9.17, 15) is 14.9 Å². The van der Waals surface area contributed by atoms with Gasteiger partial charge in [0.1, 0.15) is 5.75 Å². The van der Waals surface area contributed by atoms with Gasteiger partial charge in [0.15, 0.2) is 0 Å². The van der Waals surface area contributed by atoms with Gasteiger partial charge < -0.3 is 15.8 Å². The third kappa shape index (κ3) is 3.30. The molecule has 0 spiro atoms. The van der Waals surface area contributed by atoms with Crippen molar-refractivity contribution in [2.75, 3.05) is 12.4 Å². The molecule has 1 fully saturated rings. The Morgan fingerprint density at radius 2 is 2.05 bits per heavy atom. The Labute approximate surface area is 122 Å². The number of carbonyl (C=O) groups is 1. The maximum Gasteiger partial charge on any atom is 0.271 e. The Morgan fingerprint density at radius 1 is 1.38 bits per heavy atom. The monoisotopic (exact) mass is 293 g/mol. The van der Waals surface area contributed by atoms with E-state index in [4.69, 9.17) is 10.5 Å². The van der Waals surface area contributed by atoms with Gasteiger partial charge in [-0.3, -0.25) is 14.9 Å². The van der Waals surface area contributed by atoms with E-state index in [2.05, 4.69) is 5.32 Å². The van der Waals surface area contributed by atoms with Crippen molar-refractivity contribution in [3.63, 3.8) is 0 Å². The number of ether oxygens (including phenoxy) is 1. The maximum absolute atomic E-state index is 12.4. The minimum atomic E-state index is -0.909. The number of carbonyl (C=O) groups excluding carboxylic acids is 1. The fourth-order valence-electron chi connectivity index (χ4n) is 2.56. The number of non-ortho nitro benzene ring substituents is 1. The summed E-state index contributed by atoms with van der Waals surface area (Å²) in [6.07, 6.45) is 4.14. The van der Waals surface area contributed by atoms with E-state index < -0.39 is 10.5 Å². The van der Waals surface area contributed by atoms with Gasteiger partial charge in [0.05, 0.1) is 23.3 Å². The van der Waals surface area contributed by atoms with Crippen molar-refractivity contribution >= 4 is 17.3 Å². The number of benzene rings is 1. The van der Waals surface area contributed by atoms with Crippen LogP contribution in [0.3, 0.4) is 0 Å². The smallest absolute Gasteiger partial charge is 0.271 e. The van der Waals surface area contributed by atoms with Crippen LogP contribution in [-0.2, 0) is 4.79 Å². The molecule has 7 nitrogen and oxygen atoms in total. The second-order valence-electron chi connectivity index (χ2n) is 5.31. The van der Waals surface area contributed by atoms with Crippen molar-refractivity contribution in [2.45, 2.75) is 37.6 Å². The summed E-state index contributed by atoms with van der Waals surface area (Å²) < 4.78 is 5.12. The van der Waals surface area contributed by atoms with Crippen LogP contribution in [0.4, 0.5) is 11.4 Å². The molecule has 3 N–H and O–H groups in total. The lowest BCUT2D eigenvalue weighted by Gasteiger charge is -2.31. The van der Waals surface area contributed by atoms with Crippen molar-refractivity contribution in [3.8, 4) is 5.75 Å². The van der Waals surface area contributed by atoms with Gasteiger partial charge in [-0.1, -0.05) is 19.3 Å². The number of nitro benzene ring substituents is 1. The molecule has 0 bridgehead atoms. The number of hydrogen-bond donors (Lipinski definition) is 2. The highest BCUT2D eigenvalue weighted by Gasteiger charge is 2.35. The van der Waals surface area contributed by atoms with Crippen molar-refractivity contribution < 1.29 is 14.5 Å². The molecule has 0 atom stereocenters. The largest absolute Gasteiger partial charge is 0.495 e. The van der Waals surface area contributed by atoms with E-state index in [0.29, 0.717) is 18.6 Å². The molecule has 1 aromatic rings. The summed E-state index contributed by atoms with van der Waals surface area (Å²) in [5, 5.41) is 13.5. The van der Waals surface area contributed by atoms with Crippen LogP contribution in [0, 0.1) is 10.1 Å². The van der Waals surface area contributed by atoms with Gasteiger partial charge in [-0.15, -0.1) is 0 Å². The Morgan fingerprint density at radius 3 is 2.62 bits per heavy atom. The summed E-state index contributed by atoms with van der Waals surface area (Å²) >= 11 is 0. The molecule has 0 radical (unpaired) electrons. The number of nitro groups is 1. The molecule has 0 saturated heterocycles. The molecule has 114 valence electrons. The second kappa shape index (κ2) is 6.09. The van der Waals surface area contributed by atoms with E-state index in [1.54, 1.807) is 0 Å². The van der Waals surface area contributed by atoms with Crippen LogP contribution in [0.2, 0.25) is 0 Å². The van der Waals surface area contributed by atoms with Crippen LogP contribution < -0.4 is 15.8 Å². The highest BCUT2D eigenvalue weighted by Crippen LogP contribution is 2.32. The lowest BCUT2D eigenvalue weighted by atomic mass is 9.82. The zero-order valence-corrected chi connectivity index (χ0v) is 11.9. The molecule has 0 heterocycles. The third-order valence-corrected chi connectivity index (χ3v) is 3.84. The molecule has 1 aromatic carbocycles. The van der Waals surface area contributed by atoms with Crippen LogP contribution in [0.25, 0.3) is 0 Å². The molecule has 1 saturated carbocycles. The molecule has 2 rings (SSSR count). The first-order valence-electron chi connectivity index (χ1n) is 6.89. The average molecular weight is 293 g/mol. The van der Waals surface area contributed by atoms with Crippen LogP contribution >= 0.6 is 0 Å². The van der Waals surface area contributed by atoms with Crippen LogP contribution in [0.15, 0.2) is 18.2 Å². The first-order valence-corrected chi connectivity index (χ1v) is 6.89. The van der Waals surface area contributed by atoms with Crippen molar-refractivity contribution in [3.05, 3.63) is 28.3 Å². The fraction of sp³-hybridized carbons (Fsp3) is 0.500. The predicted octanol–water partition coefficient (Wildman–Crippen LogP) is 2.20. The molecule has 1 aliphatic carbocycles. The first kappa shape index (κ1) is 15.2. The number of methoxy groups -OCH3 is 1. The molecule has 1 aliphatic rings. The standard InChI is InChI=1S/C14H19N3O4/c1-21-12-6-5-10(17(19)20)9-11(12)16-13(18)14(15)7-3-2-4-8-14/h5-6,9H,2-4,7-8,15H2,1H3,(H,16,18). The molecule has 21 heavy (non-hydrogen) atoms. The number of anilines is 1. The lowest BCUT2D eigenvalue weighted by Crippen LogP contribution is -2.52. The minimum absolute atomic E-state index is 0.110. The maximum atomic E-state index is 12.4. The summed E-state index contributed by atoms with van der Waals surface area (Å²) in [6.45, 7) is 0. The van der Waals surface area contributed by atoms with Crippen molar-refractivity contribution in [2.24, 2.45) is 5.73 Å². The summed E-state index contributed by atoms with van der Waals surface area (Å²) in [5.41, 5.74) is 5.40. The molecule has 0 unspecified atom stereocenters. The highest BCUT2D eigenvalue weighted by molar-refractivity contribution is 5.99. The Bertz CT molecular complexity index is 553. The van der Waals surface area contributed by atoms with Crippen LogP contribution in [0.1, 0.15) is 32.1 Å². The number of hydrogen-bond acceptors (Lipinski definition) is 5. The topological polar surface area (TPSA) is 107 Å². The van der Waals surface area contributed by atoms with E-state index in [0.717, 1.165) is 19.3 Å². The number of nitrogens with one attached hydrogen (secondary N) is 1. The normalized spacial score (nSPS) is 17.0. The van der Waals surface area contributed by atoms with Crippen molar-refractivity contribution in [1.82, 2.24) is 0 Å². The number of nitrogens with two attached hydrogens (primary N) is 1. The van der Waals surface area contributed by atoms with Gasteiger partial charge in [0, 0.05) is 12.1 Å². The molecule has 7 heteroatoms. The summed E-state index contributed by atoms with van der Waals surface area (Å²) in [4.78, 5) is 22.7. The van der Waals surface area contributed by atoms with Gasteiger partial charge >= 0.3 is 0 Å². The van der Waals surface area contributed by atoms with E-state index in [-0.39, 0.29) is 17.3 Å². The third-order valence-electron chi connectivity index (χ3n) is 3.84. The molecule has 0 aromatic heterocycles. The lowest BCUT2D eigenvalue weighted by molar-refractivity contribution is -0.384. The van der Waals surface area contributed by atoms with Gasteiger partial charge in [0.2, 0.25) is 5.91 Å². The molecule has 1 amide bonds. The van der Waals surface area contributed by atoms with Crippen molar-refractivity contribution in [1.29, 1.82) is 0 Å². The quantitative estimate of drug-likeness (QED) is 0.653. The minimum Gasteiger partial charge on any atom is -0.495 e. The number of rotatable bonds is 4. The Hall–Kier alpha value is -2.15. The molecular weight excluding hydrogens is 274 g/mol. The molecular formula is C14H19N3O4. The Kier molecular flexibility index (Phi) is 4.42. The highest BCUT2D eigenvalue weighted by atomic mass is 16.6. The zero-order valence-electron chi connectivity index (χ0n) is 11.9.